The molecule has 0 saturated carbocycles. The predicted molar refractivity (Wildman–Crippen MR) is 138 cm³/mol. The predicted octanol–water partition coefficient (Wildman–Crippen LogP) is 9.73. The molecule has 0 heterocycles. The molecule has 2 atom stereocenters. The van der Waals surface area contributed by atoms with E-state index >= 15 is 0 Å². The molecule has 0 fully saturated rings. The van der Waals surface area contributed by atoms with Gasteiger partial charge >= 0.3 is 210 Å². The molecule has 32 heavy (non-hydrogen) atoms. The first-order valence-electron chi connectivity index (χ1n) is 11.5. The van der Waals surface area contributed by atoms with Crippen LogP contribution in [0.15, 0.2) is 72.3 Å². The number of allylic oxidation sites excluding steroid dienone is 1. The second-order valence-electron chi connectivity index (χ2n) is 9.83. The van der Waals surface area contributed by atoms with Crippen molar-refractivity contribution in [2.24, 2.45) is 5.92 Å². The molecule has 165 valence electrons. The second-order valence-corrected chi connectivity index (χ2v) is 18.6. The summed E-state index contributed by atoms with van der Waals surface area (Å²) in [5.41, 5.74) is 10.6. The van der Waals surface area contributed by atoms with Crippen molar-refractivity contribution in [3.63, 3.8) is 0 Å². The average Bonchev–Trinajstić information content (AvgIpc) is 3.18. The van der Waals surface area contributed by atoms with E-state index < -0.39 is 19.4 Å². The summed E-state index contributed by atoms with van der Waals surface area (Å²) in [6.45, 7) is 11.5. The van der Waals surface area contributed by atoms with Crippen LogP contribution in [-0.2, 0) is 24.8 Å². The average molecular weight is 542 g/mol. The molecule has 2 unspecified atom stereocenters. The van der Waals surface area contributed by atoms with Gasteiger partial charge in [0.2, 0.25) is 0 Å². The number of halogens is 2. The monoisotopic (exact) mass is 539 g/mol. The van der Waals surface area contributed by atoms with Gasteiger partial charge in [-0.05, 0) is 0 Å². The third kappa shape index (κ3) is 4.46. The van der Waals surface area contributed by atoms with Crippen LogP contribution in [-0.4, -0.2) is 0 Å². The van der Waals surface area contributed by atoms with Crippen molar-refractivity contribution in [1.29, 1.82) is 0 Å². The van der Waals surface area contributed by atoms with Crippen LogP contribution < -0.4 is 0 Å². The molecule has 0 aliphatic heterocycles. The summed E-state index contributed by atoms with van der Waals surface area (Å²) < 4.78 is 0.238. The molecule has 0 amide bonds. The first kappa shape index (κ1) is 24.0. The van der Waals surface area contributed by atoms with Gasteiger partial charge in [-0.25, -0.2) is 0 Å². The molecule has 0 bridgehead atoms. The van der Waals surface area contributed by atoms with Gasteiger partial charge in [0.1, 0.15) is 0 Å². The van der Waals surface area contributed by atoms with Crippen LogP contribution >= 0.6 is 17.0 Å². The zero-order chi connectivity index (χ0) is 23.0. The summed E-state index contributed by atoms with van der Waals surface area (Å²) >= 11 is -2.58. The molecule has 3 aromatic carbocycles. The van der Waals surface area contributed by atoms with E-state index in [1.54, 1.807) is 0 Å². The van der Waals surface area contributed by atoms with Crippen LogP contribution in [0, 0.1) is 5.92 Å². The van der Waals surface area contributed by atoms with Crippen LogP contribution in [0.3, 0.4) is 0 Å². The minimum atomic E-state index is -2.58. The molecule has 0 N–H and O–H groups in total. The molecule has 0 saturated heterocycles. The summed E-state index contributed by atoms with van der Waals surface area (Å²) in [4.78, 5) is 0. The van der Waals surface area contributed by atoms with Crippen LogP contribution in [0.2, 0.25) is 0 Å². The summed E-state index contributed by atoms with van der Waals surface area (Å²) in [6.07, 6.45) is 3.54. The molecular weight excluding hydrogens is 510 g/mol. The first-order chi connectivity index (χ1) is 15.2. The number of hydrogen-bond acceptors (Lipinski definition) is 0. The third-order valence-corrected chi connectivity index (χ3v) is 12.0. The number of rotatable bonds is 5. The van der Waals surface area contributed by atoms with Crippen molar-refractivity contribution in [3.8, 4) is 22.3 Å². The van der Waals surface area contributed by atoms with E-state index in [2.05, 4.69) is 107 Å². The van der Waals surface area contributed by atoms with Gasteiger partial charge < -0.3 is 0 Å². The van der Waals surface area contributed by atoms with E-state index in [-0.39, 0.29) is 9.04 Å². The summed E-state index contributed by atoms with van der Waals surface area (Å²) in [7, 11) is 13.6. The molecule has 0 radical (unpaired) electrons. The third-order valence-electron chi connectivity index (χ3n) is 6.72. The Hall–Kier alpha value is -1.14. The van der Waals surface area contributed by atoms with Gasteiger partial charge in [-0.2, -0.15) is 0 Å². The molecule has 0 spiro atoms. The SMILES string of the molecule is CCC(C)C1=Cc2c(ccc(C(C)(C)C)c2-c2ccccc2-c2ccccc2)[CH]1[Zr]([Cl])[Cl]. The van der Waals surface area contributed by atoms with Gasteiger partial charge in [0.05, 0.1) is 0 Å². The Bertz CT molecular complexity index is 1140. The maximum absolute atomic E-state index is 6.78. The van der Waals surface area contributed by atoms with Gasteiger partial charge in [-0.1, -0.05) is 0 Å². The number of benzene rings is 3. The maximum atomic E-state index is 6.78. The van der Waals surface area contributed by atoms with E-state index in [9.17, 15) is 0 Å². The number of fused-ring (bicyclic) bond motifs is 1. The normalized spacial score (nSPS) is 16.5. The van der Waals surface area contributed by atoms with E-state index in [4.69, 9.17) is 17.0 Å². The fourth-order valence-corrected chi connectivity index (χ4v) is 10.5. The quantitative estimate of drug-likeness (QED) is 0.302. The molecule has 1 aliphatic carbocycles. The van der Waals surface area contributed by atoms with Gasteiger partial charge in [-0.15, -0.1) is 0 Å². The van der Waals surface area contributed by atoms with Crippen molar-refractivity contribution in [1.82, 2.24) is 0 Å². The van der Waals surface area contributed by atoms with Crippen LogP contribution in [0.1, 0.15) is 61.4 Å². The van der Waals surface area contributed by atoms with Crippen LogP contribution in [0.25, 0.3) is 28.3 Å². The van der Waals surface area contributed by atoms with E-state index in [1.807, 2.05) is 0 Å². The van der Waals surface area contributed by atoms with Crippen molar-refractivity contribution in [2.75, 3.05) is 0 Å². The topological polar surface area (TPSA) is 0 Å². The van der Waals surface area contributed by atoms with Crippen molar-refractivity contribution < 1.29 is 19.4 Å². The molecule has 4 rings (SSSR count). The summed E-state index contributed by atoms with van der Waals surface area (Å²) in [5, 5.41) is 0. The minimum absolute atomic E-state index is 0.0140. The van der Waals surface area contributed by atoms with E-state index in [1.165, 1.54) is 44.5 Å². The van der Waals surface area contributed by atoms with Crippen molar-refractivity contribution in [2.45, 2.75) is 50.1 Å². The van der Waals surface area contributed by atoms with Crippen LogP contribution in [0.4, 0.5) is 0 Å². The Labute approximate surface area is 208 Å². The Balaban J connectivity index is 2.06. The Morgan fingerprint density at radius 3 is 2.09 bits per heavy atom. The fraction of sp³-hybridized carbons (Fsp3) is 0.310. The Kier molecular flexibility index (Phi) is 7.21. The van der Waals surface area contributed by atoms with Gasteiger partial charge in [0.25, 0.3) is 0 Å². The van der Waals surface area contributed by atoms with Crippen molar-refractivity contribution >= 4 is 23.1 Å². The molecule has 3 aromatic rings. The first-order valence-corrected chi connectivity index (χ1v) is 19.2. The van der Waals surface area contributed by atoms with Gasteiger partial charge in [0.15, 0.2) is 0 Å². The second kappa shape index (κ2) is 9.62. The zero-order valence-corrected chi connectivity index (χ0v) is 23.5. The Morgan fingerprint density at radius 2 is 1.50 bits per heavy atom. The van der Waals surface area contributed by atoms with Gasteiger partial charge in [0, 0.05) is 0 Å². The molecular formula is C29H31Cl2Zr. The summed E-state index contributed by atoms with van der Waals surface area (Å²) in [6, 6.07) is 24.2. The fourth-order valence-electron chi connectivity index (χ4n) is 4.86. The zero-order valence-electron chi connectivity index (χ0n) is 19.5. The van der Waals surface area contributed by atoms with E-state index in [0.29, 0.717) is 5.92 Å². The van der Waals surface area contributed by atoms with E-state index in [0.717, 1.165) is 6.42 Å². The summed E-state index contributed by atoms with van der Waals surface area (Å²) in [5.74, 6) is 0.482. The van der Waals surface area contributed by atoms with Gasteiger partial charge in [-0.3, -0.25) is 0 Å². The van der Waals surface area contributed by atoms with Crippen LogP contribution in [0.5, 0.6) is 0 Å². The molecule has 0 aromatic heterocycles. The standard InChI is InChI=1S/C29H31.2ClH.Zr/c1-6-20(2)23-18-22-16-17-27(29(3,4)5)28(26(22)19-23)25-15-11-10-14-24(25)21-12-8-7-9-13-21;;;/h7-20H,6H2,1-5H3;2*1H;/q;;;+2/p-2. The number of hydrogen-bond donors (Lipinski definition) is 0. The molecule has 1 aliphatic rings. The van der Waals surface area contributed by atoms with Crippen molar-refractivity contribution in [3.05, 3.63) is 89.0 Å². The molecule has 3 heteroatoms. The molecule has 0 nitrogen and oxygen atoms in total. The Morgan fingerprint density at radius 1 is 0.875 bits per heavy atom.